The van der Waals surface area contributed by atoms with Crippen LogP contribution in [0.5, 0.6) is 17.2 Å². The van der Waals surface area contributed by atoms with Gasteiger partial charge in [0.2, 0.25) is 6.79 Å². The SMILES string of the molecule is O=C1C[CH]c2cc3c(cc2O1)OCO3. The minimum Gasteiger partial charge on any atom is -0.454 e. The van der Waals surface area contributed by atoms with E-state index < -0.39 is 0 Å². The van der Waals surface area contributed by atoms with Gasteiger partial charge in [0.25, 0.3) is 0 Å². The fraction of sp³-hybridized carbons (Fsp3) is 0.200. The number of hydrogen-bond donors (Lipinski definition) is 0. The fourth-order valence-corrected chi connectivity index (χ4v) is 1.54. The van der Waals surface area contributed by atoms with Crippen LogP contribution in [0, 0.1) is 6.42 Å². The Morgan fingerprint density at radius 3 is 2.71 bits per heavy atom. The first-order valence-corrected chi connectivity index (χ1v) is 4.30. The van der Waals surface area contributed by atoms with Crippen LogP contribution in [0.4, 0.5) is 0 Å². The van der Waals surface area contributed by atoms with E-state index in [-0.39, 0.29) is 12.8 Å². The highest BCUT2D eigenvalue weighted by atomic mass is 16.7. The molecular formula is C10H7O4. The van der Waals surface area contributed by atoms with Gasteiger partial charge in [-0.15, -0.1) is 0 Å². The number of ether oxygens (including phenoxy) is 3. The molecular weight excluding hydrogens is 184 g/mol. The van der Waals surface area contributed by atoms with Gasteiger partial charge in [0, 0.05) is 18.1 Å². The Bertz CT molecular complexity index is 411. The normalized spacial score (nSPS) is 17.6. The minimum atomic E-state index is -0.239. The lowest BCUT2D eigenvalue weighted by molar-refractivity contribution is -0.134. The third-order valence-corrected chi connectivity index (χ3v) is 2.22. The molecule has 1 radical (unpaired) electrons. The third-order valence-electron chi connectivity index (χ3n) is 2.22. The van der Waals surface area contributed by atoms with E-state index in [0.29, 0.717) is 23.7 Å². The number of esters is 1. The average Bonchev–Trinajstić information content (AvgIpc) is 2.61. The van der Waals surface area contributed by atoms with Gasteiger partial charge in [0.15, 0.2) is 11.5 Å². The lowest BCUT2D eigenvalue weighted by Gasteiger charge is -2.15. The summed E-state index contributed by atoms with van der Waals surface area (Å²) in [6.07, 6.45) is 2.13. The summed E-state index contributed by atoms with van der Waals surface area (Å²) in [6.45, 7) is 0.228. The minimum absolute atomic E-state index is 0.228. The zero-order chi connectivity index (χ0) is 9.54. The first-order chi connectivity index (χ1) is 6.83. The van der Waals surface area contributed by atoms with Crippen molar-refractivity contribution in [3.63, 3.8) is 0 Å². The molecule has 71 valence electrons. The standard InChI is InChI=1S/C10H7O4/c11-10-2-1-6-3-8-9(13-5-12-8)4-7(6)14-10/h1,3-4H,2,5H2. The first kappa shape index (κ1) is 7.67. The second kappa shape index (κ2) is 2.64. The summed E-state index contributed by atoms with van der Waals surface area (Å²) in [5.74, 6) is 1.65. The van der Waals surface area contributed by atoms with Crippen molar-refractivity contribution in [2.75, 3.05) is 6.79 Å². The van der Waals surface area contributed by atoms with E-state index in [1.807, 2.05) is 12.5 Å². The third kappa shape index (κ3) is 1.04. The van der Waals surface area contributed by atoms with Crippen molar-refractivity contribution in [3.8, 4) is 17.2 Å². The lowest BCUT2D eigenvalue weighted by Crippen LogP contribution is -2.14. The fourth-order valence-electron chi connectivity index (χ4n) is 1.54. The van der Waals surface area contributed by atoms with E-state index >= 15 is 0 Å². The summed E-state index contributed by atoms with van der Waals surface area (Å²) in [5, 5.41) is 0. The molecule has 0 spiro atoms. The van der Waals surface area contributed by atoms with Crippen molar-refractivity contribution >= 4 is 5.97 Å². The number of benzene rings is 1. The molecule has 1 aromatic rings. The van der Waals surface area contributed by atoms with Crippen LogP contribution in [0.25, 0.3) is 0 Å². The highest BCUT2D eigenvalue weighted by molar-refractivity contribution is 5.78. The smallest absolute Gasteiger partial charge is 0.311 e. The summed E-state index contributed by atoms with van der Waals surface area (Å²) in [7, 11) is 0. The van der Waals surface area contributed by atoms with Crippen molar-refractivity contribution in [2.24, 2.45) is 0 Å². The van der Waals surface area contributed by atoms with Crippen molar-refractivity contribution in [1.82, 2.24) is 0 Å². The van der Waals surface area contributed by atoms with E-state index in [0.717, 1.165) is 5.56 Å². The number of carbonyl (C=O) groups is 1. The van der Waals surface area contributed by atoms with Crippen LogP contribution in [0.1, 0.15) is 12.0 Å². The summed E-state index contributed by atoms with van der Waals surface area (Å²) in [6, 6.07) is 3.51. The van der Waals surface area contributed by atoms with E-state index in [2.05, 4.69) is 0 Å². The molecule has 0 aliphatic carbocycles. The van der Waals surface area contributed by atoms with Crippen molar-refractivity contribution < 1.29 is 19.0 Å². The molecule has 0 saturated heterocycles. The molecule has 14 heavy (non-hydrogen) atoms. The Balaban J connectivity index is 2.10. The van der Waals surface area contributed by atoms with Gasteiger partial charge >= 0.3 is 5.97 Å². The largest absolute Gasteiger partial charge is 0.454 e. The Morgan fingerprint density at radius 1 is 1.07 bits per heavy atom. The molecule has 3 rings (SSSR count). The van der Waals surface area contributed by atoms with Crippen molar-refractivity contribution in [2.45, 2.75) is 6.42 Å². The maximum atomic E-state index is 11.0. The van der Waals surface area contributed by atoms with Crippen LogP contribution in [0.15, 0.2) is 12.1 Å². The lowest BCUT2D eigenvalue weighted by atomic mass is 10.1. The molecule has 1 aromatic carbocycles. The maximum absolute atomic E-state index is 11.0. The second-order valence-electron chi connectivity index (χ2n) is 3.13. The number of fused-ring (bicyclic) bond motifs is 2. The predicted molar refractivity (Wildman–Crippen MR) is 46.2 cm³/mol. The predicted octanol–water partition coefficient (Wildman–Crippen LogP) is 1.28. The average molecular weight is 191 g/mol. The molecule has 0 bridgehead atoms. The molecule has 4 nitrogen and oxygen atoms in total. The van der Waals surface area contributed by atoms with E-state index in [4.69, 9.17) is 14.2 Å². The quantitative estimate of drug-likeness (QED) is 0.457. The summed E-state index contributed by atoms with van der Waals surface area (Å²) in [4.78, 5) is 11.0. The zero-order valence-electron chi connectivity index (χ0n) is 7.28. The number of hydrogen-bond acceptors (Lipinski definition) is 4. The highest BCUT2D eigenvalue weighted by Crippen LogP contribution is 2.40. The molecule has 0 fully saturated rings. The van der Waals surface area contributed by atoms with Crippen LogP contribution in [-0.4, -0.2) is 12.8 Å². The summed E-state index contributed by atoms with van der Waals surface area (Å²) >= 11 is 0. The van der Waals surface area contributed by atoms with Crippen molar-refractivity contribution in [1.29, 1.82) is 0 Å². The van der Waals surface area contributed by atoms with Gasteiger partial charge in [-0.05, 0) is 6.07 Å². The van der Waals surface area contributed by atoms with Gasteiger partial charge in [0.1, 0.15) is 5.75 Å². The van der Waals surface area contributed by atoms with Crippen molar-refractivity contribution in [3.05, 3.63) is 24.1 Å². The van der Waals surface area contributed by atoms with Crippen LogP contribution in [-0.2, 0) is 4.79 Å². The van der Waals surface area contributed by atoms with Crippen LogP contribution in [0.2, 0.25) is 0 Å². The Hall–Kier alpha value is -1.71. The molecule has 4 heteroatoms. The molecule has 0 unspecified atom stereocenters. The molecule has 0 aromatic heterocycles. The molecule has 0 atom stereocenters. The Morgan fingerprint density at radius 2 is 1.86 bits per heavy atom. The highest BCUT2D eigenvalue weighted by Gasteiger charge is 2.23. The molecule has 0 saturated carbocycles. The number of carbonyl (C=O) groups excluding carboxylic acids is 1. The van der Waals surface area contributed by atoms with Crippen LogP contribution < -0.4 is 14.2 Å². The molecule has 2 aliphatic rings. The van der Waals surface area contributed by atoms with Gasteiger partial charge in [-0.3, -0.25) is 4.79 Å². The molecule has 2 heterocycles. The summed E-state index contributed by atoms with van der Waals surface area (Å²) in [5.41, 5.74) is 0.883. The Labute approximate surface area is 80.4 Å². The molecule has 0 amide bonds. The van der Waals surface area contributed by atoms with Gasteiger partial charge in [-0.2, -0.15) is 0 Å². The maximum Gasteiger partial charge on any atom is 0.311 e. The van der Waals surface area contributed by atoms with Crippen LogP contribution in [0.3, 0.4) is 0 Å². The molecule has 2 aliphatic heterocycles. The summed E-state index contributed by atoms with van der Waals surface area (Å²) < 4.78 is 15.4. The zero-order valence-corrected chi connectivity index (χ0v) is 7.28. The first-order valence-electron chi connectivity index (χ1n) is 4.30. The molecule has 0 N–H and O–H groups in total. The van der Waals surface area contributed by atoms with Gasteiger partial charge in [-0.25, -0.2) is 0 Å². The van der Waals surface area contributed by atoms with Gasteiger partial charge in [-0.1, -0.05) is 0 Å². The number of rotatable bonds is 0. The monoisotopic (exact) mass is 191 g/mol. The van der Waals surface area contributed by atoms with Crippen LogP contribution >= 0.6 is 0 Å². The van der Waals surface area contributed by atoms with E-state index in [1.165, 1.54) is 0 Å². The van der Waals surface area contributed by atoms with Gasteiger partial charge in [0.05, 0.1) is 6.42 Å². The van der Waals surface area contributed by atoms with E-state index in [1.54, 1.807) is 6.07 Å². The van der Waals surface area contributed by atoms with Gasteiger partial charge < -0.3 is 14.2 Å². The van der Waals surface area contributed by atoms with E-state index in [9.17, 15) is 4.79 Å². The topological polar surface area (TPSA) is 44.8 Å². The second-order valence-corrected chi connectivity index (χ2v) is 3.13. The Kier molecular flexibility index (Phi) is 1.45.